The first-order chi connectivity index (χ1) is 7.74. The summed E-state index contributed by atoms with van der Waals surface area (Å²) in [4.78, 5) is 8.74. The fourth-order valence-electron chi connectivity index (χ4n) is 2.12. The van der Waals surface area contributed by atoms with Crippen molar-refractivity contribution in [3.63, 3.8) is 0 Å². The van der Waals surface area contributed by atoms with Gasteiger partial charge in [-0.2, -0.15) is 0 Å². The molecule has 1 aliphatic rings. The summed E-state index contributed by atoms with van der Waals surface area (Å²) < 4.78 is 0. The second-order valence-corrected chi connectivity index (χ2v) is 4.50. The van der Waals surface area contributed by atoms with Gasteiger partial charge in [0.05, 0.1) is 0 Å². The molecule has 2 N–H and O–H groups in total. The fourth-order valence-corrected chi connectivity index (χ4v) is 2.12. The van der Waals surface area contributed by atoms with E-state index in [1.54, 1.807) is 0 Å². The van der Waals surface area contributed by atoms with E-state index < -0.39 is 0 Å². The van der Waals surface area contributed by atoms with Crippen LogP contribution < -0.4 is 10.6 Å². The van der Waals surface area contributed by atoms with Gasteiger partial charge in [-0.25, -0.2) is 9.97 Å². The summed E-state index contributed by atoms with van der Waals surface area (Å²) in [5, 5.41) is 6.81. The predicted octanol–water partition coefficient (Wildman–Crippen LogP) is 1.65. The first-order valence-corrected chi connectivity index (χ1v) is 6.03. The highest BCUT2D eigenvalue weighted by Gasteiger charge is 2.12. The second-order valence-electron chi connectivity index (χ2n) is 4.50. The average molecular weight is 220 g/mol. The Labute approximate surface area is 96.9 Å². The molecule has 0 amide bonds. The molecule has 88 valence electrons. The number of anilines is 1. The third-order valence-corrected chi connectivity index (χ3v) is 2.90. The predicted molar refractivity (Wildman–Crippen MR) is 65.6 cm³/mol. The number of hydrogen-bond donors (Lipinski definition) is 2. The maximum atomic E-state index is 4.37. The first-order valence-electron chi connectivity index (χ1n) is 6.03. The molecule has 1 aliphatic heterocycles. The minimum absolute atomic E-state index is 0.568. The van der Waals surface area contributed by atoms with Crippen LogP contribution in [0, 0.1) is 13.8 Å². The molecule has 4 nitrogen and oxygen atoms in total. The zero-order chi connectivity index (χ0) is 11.4. The minimum atomic E-state index is 0.568. The lowest BCUT2D eigenvalue weighted by Crippen LogP contribution is -2.39. The van der Waals surface area contributed by atoms with Crippen LogP contribution in [0.5, 0.6) is 0 Å². The summed E-state index contributed by atoms with van der Waals surface area (Å²) in [7, 11) is 0. The summed E-state index contributed by atoms with van der Waals surface area (Å²) in [5.74, 6) is 0.755. The second kappa shape index (κ2) is 5.25. The van der Waals surface area contributed by atoms with Crippen molar-refractivity contribution in [3.8, 4) is 0 Å². The van der Waals surface area contributed by atoms with Gasteiger partial charge in [0.15, 0.2) is 0 Å². The van der Waals surface area contributed by atoms with Crippen LogP contribution in [0.4, 0.5) is 5.95 Å². The number of piperidine rings is 1. The minimum Gasteiger partial charge on any atom is -0.353 e. The quantitative estimate of drug-likeness (QED) is 0.813. The summed E-state index contributed by atoms with van der Waals surface area (Å²) in [5.41, 5.74) is 2.04. The number of nitrogens with one attached hydrogen (secondary N) is 2. The van der Waals surface area contributed by atoms with Crippen LogP contribution in [0.25, 0.3) is 0 Å². The van der Waals surface area contributed by atoms with Crippen LogP contribution in [0.15, 0.2) is 6.07 Å². The molecule has 0 aliphatic carbocycles. The van der Waals surface area contributed by atoms with Gasteiger partial charge in [0, 0.05) is 24.0 Å². The molecule has 0 saturated carbocycles. The van der Waals surface area contributed by atoms with Crippen molar-refractivity contribution in [2.24, 2.45) is 0 Å². The Balaban J connectivity index is 1.88. The topological polar surface area (TPSA) is 49.8 Å². The zero-order valence-electron chi connectivity index (χ0n) is 10.1. The van der Waals surface area contributed by atoms with E-state index in [0.29, 0.717) is 6.04 Å². The highest BCUT2D eigenvalue weighted by Crippen LogP contribution is 2.08. The summed E-state index contributed by atoms with van der Waals surface area (Å²) in [6.45, 7) is 6.06. The molecule has 1 fully saturated rings. The molecule has 0 spiro atoms. The first kappa shape index (κ1) is 11.3. The van der Waals surface area contributed by atoms with Crippen LogP contribution in [0.3, 0.4) is 0 Å². The third kappa shape index (κ3) is 3.17. The Morgan fingerprint density at radius 3 is 2.69 bits per heavy atom. The molecule has 1 unspecified atom stereocenters. The van der Waals surface area contributed by atoms with Crippen molar-refractivity contribution in [2.75, 3.05) is 18.4 Å². The molecular weight excluding hydrogens is 200 g/mol. The van der Waals surface area contributed by atoms with Crippen LogP contribution >= 0.6 is 0 Å². The largest absolute Gasteiger partial charge is 0.353 e. The summed E-state index contributed by atoms with van der Waals surface area (Å²) >= 11 is 0. The smallest absolute Gasteiger partial charge is 0.223 e. The van der Waals surface area contributed by atoms with Crippen molar-refractivity contribution in [1.82, 2.24) is 15.3 Å². The molecule has 4 heteroatoms. The van der Waals surface area contributed by atoms with Gasteiger partial charge < -0.3 is 10.6 Å². The van der Waals surface area contributed by atoms with Gasteiger partial charge in [0.25, 0.3) is 0 Å². The molecule has 0 radical (unpaired) electrons. The van der Waals surface area contributed by atoms with Gasteiger partial charge >= 0.3 is 0 Å². The van der Waals surface area contributed by atoms with Gasteiger partial charge in [0.2, 0.25) is 5.95 Å². The molecule has 0 bridgehead atoms. The third-order valence-electron chi connectivity index (χ3n) is 2.90. The normalized spacial score (nSPS) is 20.8. The van der Waals surface area contributed by atoms with E-state index in [2.05, 4.69) is 20.6 Å². The van der Waals surface area contributed by atoms with Crippen molar-refractivity contribution in [1.29, 1.82) is 0 Å². The van der Waals surface area contributed by atoms with Crippen LogP contribution in [0.1, 0.15) is 30.7 Å². The lowest BCUT2D eigenvalue weighted by Gasteiger charge is -2.23. The molecule has 0 aromatic carbocycles. The van der Waals surface area contributed by atoms with Crippen LogP contribution in [-0.2, 0) is 0 Å². The monoisotopic (exact) mass is 220 g/mol. The Bertz CT molecular complexity index is 325. The molecule has 16 heavy (non-hydrogen) atoms. The van der Waals surface area contributed by atoms with Gasteiger partial charge in [0.1, 0.15) is 0 Å². The lowest BCUT2D eigenvalue weighted by atomic mass is 10.1. The van der Waals surface area contributed by atoms with Gasteiger partial charge in [-0.3, -0.25) is 0 Å². The summed E-state index contributed by atoms with van der Waals surface area (Å²) in [6.07, 6.45) is 3.88. The maximum Gasteiger partial charge on any atom is 0.223 e. The Morgan fingerprint density at radius 2 is 2.06 bits per heavy atom. The van der Waals surface area contributed by atoms with Gasteiger partial charge in [-0.1, -0.05) is 6.42 Å². The Morgan fingerprint density at radius 1 is 1.31 bits per heavy atom. The van der Waals surface area contributed by atoms with Crippen molar-refractivity contribution >= 4 is 5.95 Å². The van der Waals surface area contributed by atoms with Crippen LogP contribution in [0.2, 0.25) is 0 Å². The number of hydrogen-bond acceptors (Lipinski definition) is 4. The molecule has 1 saturated heterocycles. The number of aryl methyl sites for hydroxylation is 2. The molecule has 2 heterocycles. The van der Waals surface area contributed by atoms with E-state index in [0.717, 1.165) is 30.4 Å². The molecular formula is C12H20N4. The fraction of sp³-hybridized carbons (Fsp3) is 0.667. The highest BCUT2D eigenvalue weighted by molar-refractivity contribution is 5.27. The number of nitrogens with zero attached hydrogens (tertiary/aromatic N) is 2. The van der Waals surface area contributed by atoms with Crippen molar-refractivity contribution in [2.45, 2.75) is 39.2 Å². The SMILES string of the molecule is Cc1cc(C)nc(NCC2CCCCN2)n1. The maximum absolute atomic E-state index is 4.37. The lowest BCUT2D eigenvalue weighted by molar-refractivity contribution is 0.413. The summed E-state index contributed by atoms with van der Waals surface area (Å²) in [6, 6.07) is 2.56. The van der Waals surface area contributed by atoms with Crippen molar-refractivity contribution in [3.05, 3.63) is 17.5 Å². The Kier molecular flexibility index (Phi) is 3.72. The molecule has 1 aromatic rings. The highest BCUT2D eigenvalue weighted by atomic mass is 15.1. The van der Waals surface area contributed by atoms with E-state index in [9.17, 15) is 0 Å². The van der Waals surface area contributed by atoms with Gasteiger partial charge in [-0.05, 0) is 39.3 Å². The molecule has 1 atom stereocenters. The van der Waals surface area contributed by atoms with E-state index in [1.807, 2.05) is 19.9 Å². The standard InChI is InChI=1S/C12H20N4/c1-9-7-10(2)16-12(15-9)14-8-11-5-3-4-6-13-11/h7,11,13H,3-6,8H2,1-2H3,(H,14,15,16). The molecule has 1 aromatic heterocycles. The number of aromatic nitrogens is 2. The zero-order valence-corrected chi connectivity index (χ0v) is 10.1. The van der Waals surface area contributed by atoms with Crippen LogP contribution in [-0.4, -0.2) is 29.1 Å². The van der Waals surface area contributed by atoms with Gasteiger partial charge in [-0.15, -0.1) is 0 Å². The van der Waals surface area contributed by atoms with E-state index in [-0.39, 0.29) is 0 Å². The van der Waals surface area contributed by atoms with Crippen molar-refractivity contribution < 1.29 is 0 Å². The van der Waals surface area contributed by atoms with E-state index in [4.69, 9.17) is 0 Å². The average Bonchev–Trinajstić information content (AvgIpc) is 2.27. The Hall–Kier alpha value is -1.16. The molecule has 2 rings (SSSR count). The van der Waals surface area contributed by atoms with E-state index >= 15 is 0 Å². The number of rotatable bonds is 3. The van der Waals surface area contributed by atoms with E-state index in [1.165, 1.54) is 19.3 Å².